The summed E-state index contributed by atoms with van der Waals surface area (Å²) >= 11 is 1.22. The Morgan fingerprint density at radius 3 is 2.49 bits per heavy atom. The van der Waals surface area contributed by atoms with Crippen LogP contribution in [0, 0.1) is 0 Å². The van der Waals surface area contributed by atoms with Crippen molar-refractivity contribution in [1.82, 2.24) is 14.5 Å². The van der Waals surface area contributed by atoms with Crippen molar-refractivity contribution in [2.24, 2.45) is 0 Å². The van der Waals surface area contributed by atoms with Crippen LogP contribution in [0.15, 0.2) is 52.4 Å². The number of piperazine rings is 1. The van der Waals surface area contributed by atoms with Gasteiger partial charge in [-0.2, -0.15) is 0 Å². The van der Waals surface area contributed by atoms with Crippen LogP contribution in [0.5, 0.6) is 11.5 Å². The molecule has 41 heavy (non-hydrogen) atoms. The molecule has 0 bridgehead atoms. The number of benzene rings is 2. The van der Waals surface area contributed by atoms with E-state index in [1.807, 2.05) is 23.1 Å². The zero-order valence-corrected chi connectivity index (χ0v) is 24.4. The van der Waals surface area contributed by atoms with Crippen LogP contribution in [0.3, 0.4) is 0 Å². The SMILES string of the molecule is CCCC[C@@H](Sc1nc2cc3c(cc2c(=O)n1CCC(=O)N1CCN(c2ccccc2)CC1)OCO3)C(=O)OCC. The Balaban J connectivity index is 1.37. The number of amides is 1. The van der Waals surface area contributed by atoms with Crippen LogP contribution in [0.4, 0.5) is 5.69 Å². The minimum absolute atomic E-state index is 0.0146. The van der Waals surface area contributed by atoms with E-state index in [2.05, 4.69) is 24.0 Å². The molecule has 0 unspecified atom stereocenters. The highest BCUT2D eigenvalue weighted by molar-refractivity contribution is 8.00. The van der Waals surface area contributed by atoms with Gasteiger partial charge in [0.25, 0.3) is 5.56 Å². The Hall–Kier alpha value is -3.73. The number of esters is 1. The smallest absolute Gasteiger partial charge is 0.319 e. The van der Waals surface area contributed by atoms with Crippen LogP contribution in [-0.4, -0.2) is 71.2 Å². The van der Waals surface area contributed by atoms with E-state index in [1.54, 1.807) is 19.1 Å². The molecule has 1 saturated heterocycles. The molecule has 218 valence electrons. The number of nitrogens with zero attached hydrogens (tertiary/aromatic N) is 4. The van der Waals surface area contributed by atoms with Gasteiger partial charge in [0.05, 0.1) is 17.5 Å². The van der Waals surface area contributed by atoms with Crippen LogP contribution in [0.1, 0.15) is 39.5 Å². The molecule has 5 rings (SSSR count). The minimum Gasteiger partial charge on any atom is -0.465 e. The number of aromatic nitrogens is 2. The van der Waals surface area contributed by atoms with Crippen LogP contribution in [0.2, 0.25) is 0 Å². The highest BCUT2D eigenvalue weighted by atomic mass is 32.2. The first-order chi connectivity index (χ1) is 20.0. The van der Waals surface area contributed by atoms with Crippen LogP contribution in [0.25, 0.3) is 10.9 Å². The van der Waals surface area contributed by atoms with Gasteiger partial charge >= 0.3 is 5.97 Å². The summed E-state index contributed by atoms with van der Waals surface area (Å²) in [5.41, 5.74) is 1.32. The number of para-hydroxylation sites is 1. The Labute approximate surface area is 243 Å². The first-order valence-corrected chi connectivity index (χ1v) is 15.1. The van der Waals surface area contributed by atoms with Crippen LogP contribution < -0.4 is 19.9 Å². The van der Waals surface area contributed by atoms with E-state index in [4.69, 9.17) is 19.2 Å². The summed E-state index contributed by atoms with van der Waals surface area (Å²) in [6.07, 6.45) is 2.50. The molecule has 3 aromatic rings. The molecule has 2 aromatic carbocycles. The number of unbranched alkanes of at least 4 members (excludes halogenated alkanes) is 1. The van der Waals surface area contributed by atoms with Crippen molar-refractivity contribution >= 4 is 40.2 Å². The van der Waals surface area contributed by atoms with E-state index in [-0.39, 0.29) is 43.8 Å². The number of fused-ring (bicyclic) bond motifs is 2. The molecule has 1 atom stereocenters. The number of carbonyl (C=O) groups excluding carboxylic acids is 2. The van der Waals surface area contributed by atoms with Crippen LogP contribution in [-0.2, 0) is 20.9 Å². The van der Waals surface area contributed by atoms with Gasteiger partial charge in [0.1, 0.15) is 5.25 Å². The predicted octanol–water partition coefficient (Wildman–Crippen LogP) is 4.08. The fourth-order valence-electron chi connectivity index (χ4n) is 5.07. The molecule has 1 aromatic heterocycles. The molecule has 0 saturated carbocycles. The summed E-state index contributed by atoms with van der Waals surface area (Å²) < 4.78 is 17.8. The van der Waals surface area contributed by atoms with Crippen molar-refractivity contribution < 1.29 is 23.8 Å². The van der Waals surface area contributed by atoms with Gasteiger partial charge in [0.15, 0.2) is 16.7 Å². The summed E-state index contributed by atoms with van der Waals surface area (Å²) in [6, 6.07) is 13.5. The molecule has 0 radical (unpaired) electrons. The maximum Gasteiger partial charge on any atom is 0.319 e. The standard InChI is InChI=1S/C30H36N4O6S/c1-3-5-11-26(29(37)38-4-2)41-30-31-23-19-25-24(39-20-40-25)18-22(23)28(36)34(30)13-12-27(35)33-16-14-32(15-17-33)21-9-7-6-8-10-21/h6-10,18-19,26H,3-5,11-17,20H2,1-2H3/t26-/m1/s1. The lowest BCUT2D eigenvalue weighted by atomic mass is 10.2. The zero-order valence-electron chi connectivity index (χ0n) is 23.5. The van der Waals surface area contributed by atoms with Crippen molar-refractivity contribution in [2.45, 2.75) is 56.5 Å². The lowest BCUT2D eigenvalue weighted by Crippen LogP contribution is -2.49. The molecule has 2 aliphatic rings. The highest BCUT2D eigenvalue weighted by Crippen LogP contribution is 2.36. The van der Waals surface area contributed by atoms with E-state index >= 15 is 0 Å². The second kappa shape index (κ2) is 13.3. The van der Waals surface area contributed by atoms with Gasteiger partial charge in [-0.15, -0.1) is 0 Å². The zero-order chi connectivity index (χ0) is 28.8. The van der Waals surface area contributed by atoms with Crippen molar-refractivity contribution in [3.63, 3.8) is 0 Å². The number of hydrogen-bond acceptors (Lipinski definition) is 9. The van der Waals surface area contributed by atoms with Crippen molar-refractivity contribution in [3.8, 4) is 11.5 Å². The molecular formula is C30H36N4O6S. The van der Waals surface area contributed by atoms with E-state index < -0.39 is 5.25 Å². The first-order valence-electron chi connectivity index (χ1n) is 14.2. The van der Waals surface area contributed by atoms with Crippen molar-refractivity contribution in [3.05, 3.63) is 52.8 Å². The Bertz CT molecular complexity index is 1440. The van der Waals surface area contributed by atoms with Gasteiger partial charge in [-0.3, -0.25) is 19.0 Å². The topological polar surface area (TPSA) is 103 Å². The fraction of sp³-hybridized carbons (Fsp3) is 0.467. The number of thioether (sulfide) groups is 1. The van der Waals surface area contributed by atoms with Crippen LogP contribution >= 0.6 is 11.8 Å². The molecular weight excluding hydrogens is 544 g/mol. The van der Waals surface area contributed by atoms with E-state index in [1.165, 1.54) is 16.3 Å². The highest BCUT2D eigenvalue weighted by Gasteiger charge is 2.27. The number of hydrogen-bond donors (Lipinski definition) is 0. The Morgan fingerprint density at radius 2 is 1.78 bits per heavy atom. The van der Waals surface area contributed by atoms with Gasteiger partial charge in [0.2, 0.25) is 12.7 Å². The summed E-state index contributed by atoms with van der Waals surface area (Å²) in [5.74, 6) is 0.670. The largest absolute Gasteiger partial charge is 0.465 e. The van der Waals surface area contributed by atoms with E-state index in [9.17, 15) is 14.4 Å². The summed E-state index contributed by atoms with van der Waals surface area (Å²) in [7, 11) is 0. The quantitative estimate of drug-likeness (QED) is 0.189. The van der Waals surface area contributed by atoms with E-state index in [0.717, 1.165) is 31.6 Å². The monoisotopic (exact) mass is 580 g/mol. The van der Waals surface area contributed by atoms with Gasteiger partial charge in [0, 0.05) is 50.9 Å². The molecule has 0 aliphatic carbocycles. The third-order valence-corrected chi connectivity index (χ3v) is 8.57. The Kier molecular flexibility index (Phi) is 9.33. The maximum atomic E-state index is 13.8. The van der Waals surface area contributed by atoms with E-state index in [0.29, 0.717) is 47.1 Å². The summed E-state index contributed by atoms with van der Waals surface area (Å²) in [6.45, 7) is 7.07. The molecule has 1 fully saturated rings. The number of ether oxygens (including phenoxy) is 3. The average Bonchev–Trinajstić information content (AvgIpc) is 3.46. The van der Waals surface area contributed by atoms with Gasteiger partial charge in [-0.25, -0.2) is 4.98 Å². The molecule has 10 nitrogen and oxygen atoms in total. The average molecular weight is 581 g/mol. The number of carbonyl (C=O) groups is 2. The van der Waals surface area contributed by atoms with Gasteiger partial charge in [-0.05, 0) is 31.5 Å². The second-order valence-corrected chi connectivity index (χ2v) is 11.2. The molecule has 1 amide bonds. The molecule has 0 N–H and O–H groups in total. The van der Waals surface area contributed by atoms with Crippen molar-refractivity contribution in [2.75, 3.05) is 44.5 Å². The first kappa shape index (κ1) is 28.8. The third kappa shape index (κ3) is 6.61. The Morgan fingerprint density at radius 1 is 1.05 bits per heavy atom. The van der Waals surface area contributed by atoms with Gasteiger partial charge < -0.3 is 24.0 Å². The minimum atomic E-state index is -0.513. The molecule has 3 heterocycles. The maximum absolute atomic E-state index is 13.8. The fourth-order valence-corrected chi connectivity index (χ4v) is 6.23. The third-order valence-electron chi connectivity index (χ3n) is 7.33. The number of anilines is 1. The van der Waals surface area contributed by atoms with Gasteiger partial charge in [-0.1, -0.05) is 49.7 Å². The molecule has 2 aliphatic heterocycles. The summed E-state index contributed by atoms with van der Waals surface area (Å²) in [4.78, 5) is 48.8. The molecule has 11 heteroatoms. The summed E-state index contributed by atoms with van der Waals surface area (Å²) in [5, 5.41) is 0.252. The number of rotatable bonds is 11. The lowest BCUT2D eigenvalue weighted by Gasteiger charge is -2.36. The predicted molar refractivity (Wildman–Crippen MR) is 158 cm³/mol. The molecule has 0 spiro atoms. The second-order valence-electron chi connectivity index (χ2n) is 10.0. The van der Waals surface area contributed by atoms with Crippen molar-refractivity contribution in [1.29, 1.82) is 0 Å². The lowest BCUT2D eigenvalue weighted by molar-refractivity contribution is -0.142. The normalized spacial score (nSPS) is 15.3.